The van der Waals surface area contributed by atoms with Crippen LogP contribution >= 0.6 is 0 Å². The van der Waals surface area contributed by atoms with Gasteiger partial charge in [0.25, 0.3) is 0 Å². The Labute approximate surface area is 370 Å². The molecule has 0 aliphatic carbocycles. The van der Waals surface area contributed by atoms with Gasteiger partial charge < -0.3 is 69.9 Å². The van der Waals surface area contributed by atoms with E-state index in [4.69, 9.17) is 17.2 Å². The molecule has 8 amide bonds. The van der Waals surface area contributed by atoms with Crippen molar-refractivity contribution in [2.75, 3.05) is 26.2 Å². The van der Waals surface area contributed by atoms with Gasteiger partial charge in [-0.3, -0.25) is 48.1 Å². The number of nitrogens with zero attached hydrogens (tertiary/aromatic N) is 1. The Hall–Kier alpha value is -6.85. The third-order valence-electron chi connectivity index (χ3n) is 9.15. The molecule has 0 aliphatic rings. The second-order valence-electron chi connectivity index (χ2n) is 15.6. The van der Waals surface area contributed by atoms with Crippen LogP contribution in [0.5, 0.6) is 0 Å². The molecule has 64 heavy (non-hydrogen) atoms. The van der Waals surface area contributed by atoms with E-state index in [2.05, 4.69) is 47.5 Å². The standard InChI is InChI=1S/C40H64N12O12/c1-21(2)16-28(51-35(59)25(41)17-24-10-7-6-8-11-24)37(61)48-23(5)34(58)49-26(13-14-32(56)57)36(60)47-19-30(54)45-18-29(53)46-20-31(55)52-33(22(3)4)38(62)50-27(39(63)64)12-9-15-44-40(42)43/h6-8,10-11,21-23,25-28,33H,9,12-20,41H2,1-5H3,(H,45,54)(H,46,53)(H,47,60)(H,48,61)(H,49,58)(H,50,62)(H,51,59)(H,52,55)(H,56,57)(H,63,64)(H4,42,43,44)/t23-,25-,26-,27-,28-,33-/m0/s1. The Morgan fingerprint density at radius 1 is 0.625 bits per heavy atom. The molecule has 0 saturated heterocycles. The number of aliphatic carboxylic acids is 2. The Bertz CT molecular complexity index is 1810. The fraction of sp³-hybridized carbons (Fsp3) is 0.575. The molecular weight excluding hydrogens is 841 g/mol. The van der Waals surface area contributed by atoms with E-state index in [1.54, 1.807) is 26.0 Å². The predicted molar refractivity (Wildman–Crippen MR) is 231 cm³/mol. The molecule has 0 radical (unpaired) electrons. The SMILES string of the molecule is CC(C)C[C@H](NC(=O)[C@@H](N)Cc1ccccc1)C(=O)N[C@@H](C)C(=O)N[C@@H](CCC(=O)O)C(=O)NCC(=O)NCC(=O)NCC(=O)N[C@H](C(=O)N[C@@H](CCCN=C(N)N)C(=O)O)C(C)C. The Morgan fingerprint density at radius 3 is 1.73 bits per heavy atom. The largest absolute Gasteiger partial charge is 0.481 e. The van der Waals surface area contributed by atoms with Crippen LogP contribution in [0.4, 0.5) is 0 Å². The topological polar surface area (TPSA) is 398 Å². The monoisotopic (exact) mass is 904 g/mol. The minimum Gasteiger partial charge on any atom is -0.481 e. The smallest absolute Gasteiger partial charge is 0.326 e. The van der Waals surface area contributed by atoms with E-state index in [0.29, 0.717) is 0 Å². The van der Waals surface area contributed by atoms with Crippen molar-refractivity contribution in [2.45, 2.75) is 109 Å². The van der Waals surface area contributed by atoms with Crippen LogP contribution in [0.25, 0.3) is 0 Å². The lowest BCUT2D eigenvalue weighted by molar-refractivity contribution is -0.142. The number of carbonyl (C=O) groups excluding carboxylic acids is 8. The highest BCUT2D eigenvalue weighted by molar-refractivity contribution is 5.96. The minimum atomic E-state index is -1.47. The highest BCUT2D eigenvalue weighted by Gasteiger charge is 2.31. The second kappa shape index (κ2) is 28.7. The molecule has 1 aromatic carbocycles. The van der Waals surface area contributed by atoms with Crippen LogP contribution < -0.4 is 59.7 Å². The first-order chi connectivity index (χ1) is 30.0. The van der Waals surface area contributed by atoms with Gasteiger partial charge in [0, 0.05) is 13.0 Å². The summed E-state index contributed by atoms with van der Waals surface area (Å²) in [5.41, 5.74) is 17.4. The van der Waals surface area contributed by atoms with Crippen molar-refractivity contribution in [2.24, 2.45) is 34.0 Å². The van der Waals surface area contributed by atoms with Crippen LogP contribution in [0.1, 0.15) is 72.3 Å². The number of hydrogen-bond acceptors (Lipinski definition) is 12. The van der Waals surface area contributed by atoms with E-state index in [-0.39, 0.29) is 44.1 Å². The predicted octanol–water partition coefficient (Wildman–Crippen LogP) is -3.95. The zero-order chi connectivity index (χ0) is 48.5. The quantitative estimate of drug-likeness (QED) is 0.0207. The first-order valence-corrected chi connectivity index (χ1v) is 20.6. The van der Waals surface area contributed by atoms with Crippen LogP contribution in [0.15, 0.2) is 35.3 Å². The number of carboxylic acids is 2. The summed E-state index contributed by atoms with van der Waals surface area (Å²) in [5, 5.41) is 37.7. The Kier molecular flexibility index (Phi) is 24.7. The molecule has 0 fully saturated rings. The lowest BCUT2D eigenvalue weighted by atomic mass is 10.0. The summed E-state index contributed by atoms with van der Waals surface area (Å²) >= 11 is 0. The molecule has 0 spiro atoms. The Morgan fingerprint density at radius 2 is 1.19 bits per heavy atom. The maximum absolute atomic E-state index is 13.3. The first kappa shape index (κ1) is 55.2. The average molecular weight is 905 g/mol. The fourth-order valence-electron chi connectivity index (χ4n) is 5.71. The molecule has 1 rings (SSSR count). The zero-order valence-corrected chi connectivity index (χ0v) is 36.7. The van der Waals surface area contributed by atoms with Gasteiger partial charge in [-0.2, -0.15) is 0 Å². The number of amides is 8. The maximum atomic E-state index is 13.3. The van der Waals surface area contributed by atoms with Crippen molar-refractivity contribution >= 4 is 65.2 Å². The van der Waals surface area contributed by atoms with Crippen molar-refractivity contribution < 1.29 is 58.2 Å². The van der Waals surface area contributed by atoms with Crippen molar-refractivity contribution in [1.29, 1.82) is 0 Å². The molecule has 0 unspecified atom stereocenters. The summed E-state index contributed by atoms with van der Waals surface area (Å²) in [6.45, 7) is 6.34. The van der Waals surface area contributed by atoms with Gasteiger partial charge >= 0.3 is 11.9 Å². The first-order valence-electron chi connectivity index (χ1n) is 20.6. The fourth-order valence-corrected chi connectivity index (χ4v) is 5.71. The van der Waals surface area contributed by atoms with E-state index in [9.17, 15) is 58.2 Å². The van der Waals surface area contributed by atoms with Gasteiger partial charge in [-0.15, -0.1) is 0 Å². The van der Waals surface area contributed by atoms with Gasteiger partial charge in [-0.05, 0) is 56.4 Å². The zero-order valence-electron chi connectivity index (χ0n) is 36.7. The van der Waals surface area contributed by atoms with Crippen LogP contribution in [0, 0.1) is 11.8 Å². The molecule has 0 heterocycles. The molecule has 24 heteroatoms. The van der Waals surface area contributed by atoms with Crippen LogP contribution in [-0.2, 0) is 54.4 Å². The molecule has 24 nitrogen and oxygen atoms in total. The minimum absolute atomic E-state index is 0.000709. The van der Waals surface area contributed by atoms with E-state index >= 15 is 0 Å². The molecule has 16 N–H and O–H groups in total. The van der Waals surface area contributed by atoms with Gasteiger partial charge in [0.15, 0.2) is 5.96 Å². The van der Waals surface area contributed by atoms with Crippen LogP contribution in [-0.4, -0.2) is 138 Å². The van der Waals surface area contributed by atoms with Gasteiger partial charge in [0.05, 0.1) is 25.7 Å². The molecule has 0 aromatic heterocycles. The van der Waals surface area contributed by atoms with E-state index < -0.39 is 134 Å². The third-order valence-corrected chi connectivity index (χ3v) is 9.15. The van der Waals surface area contributed by atoms with Crippen LogP contribution in [0.3, 0.4) is 0 Å². The highest BCUT2D eigenvalue weighted by Crippen LogP contribution is 2.09. The molecule has 6 atom stereocenters. The molecular formula is C40H64N12O12. The third kappa shape index (κ3) is 22.8. The lowest BCUT2D eigenvalue weighted by Gasteiger charge is -2.25. The molecule has 356 valence electrons. The molecule has 0 saturated carbocycles. The van der Waals surface area contributed by atoms with Crippen molar-refractivity contribution in [3.8, 4) is 0 Å². The van der Waals surface area contributed by atoms with Crippen LogP contribution in [0.2, 0.25) is 0 Å². The van der Waals surface area contributed by atoms with Gasteiger partial charge in [0.1, 0.15) is 30.2 Å². The van der Waals surface area contributed by atoms with Crippen molar-refractivity contribution in [1.82, 2.24) is 42.5 Å². The van der Waals surface area contributed by atoms with E-state index in [0.717, 1.165) is 5.56 Å². The van der Waals surface area contributed by atoms with E-state index in [1.165, 1.54) is 6.92 Å². The highest BCUT2D eigenvalue weighted by atomic mass is 16.4. The number of carboxylic acid groups (broad SMARTS) is 2. The number of guanidine groups is 1. The number of hydrogen-bond donors (Lipinski definition) is 13. The number of rotatable bonds is 29. The summed E-state index contributed by atoms with van der Waals surface area (Å²) < 4.78 is 0. The average Bonchev–Trinajstić information content (AvgIpc) is 3.22. The Balaban J connectivity index is 2.71. The maximum Gasteiger partial charge on any atom is 0.326 e. The van der Waals surface area contributed by atoms with Crippen molar-refractivity contribution in [3.63, 3.8) is 0 Å². The number of nitrogens with one attached hydrogen (secondary N) is 8. The molecule has 0 bridgehead atoms. The van der Waals surface area contributed by atoms with Gasteiger partial charge in [0.2, 0.25) is 47.3 Å². The van der Waals surface area contributed by atoms with Gasteiger partial charge in [-0.25, -0.2) is 4.79 Å². The number of nitrogens with two attached hydrogens (primary N) is 3. The summed E-state index contributed by atoms with van der Waals surface area (Å²) in [4.78, 5) is 129. The normalized spacial score (nSPS) is 13.6. The summed E-state index contributed by atoms with van der Waals surface area (Å²) in [5.74, 6) is -9.71. The van der Waals surface area contributed by atoms with Gasteiger partial charge in [-0.1, -0.05) is 58.0 Å². The summed E-state index contributed by atoms with van der Waals surface area (Å²) in [7, 11) is 0. The van der Waals surface area contributed by atoms with Crippen molar-refractivity contribution in [3.05, 3.63) is 35.9 Å². The van der Waals surface area contributed by atoms with E-state index in [1.807, 2.05) is 32.0 Å². The lowest BCUT2D eigenvalue weighted by Crippen LogP contribution is -2.57. The summed E-state index contributed by atoms with van der Waals surface area (Å²) in [6.07, 6.45) is -0.290. The summed E-state index contributed by atoms with van der Waals surface area (Å²) in [6, 6.07) is 1.80. The second-order valence-corrected chi connectivity index (χ2v) is 15.6. The molecule has 0 aliphatic heterocycles. The number of carbonyl (C=O) groups is 10. The number of aliphatic imine (C=N–C) groups is 1. The molecule has 1 aromatic rings. The number of benzene rings is 1.